The first-order valence-corrected chi connectivity index (χ1v) is 2.67. The molecule has 0 atom stereocenters. The van der Waals surface area contributed by atoms with Crippen LogP contribution in [0.15, 0.2) is 29.1 Å². The molecule has 0 aliphatic rings. The van der Waals surface area contributed by atoms with E-state index in [4.69, 9.17) is 4.42 Å². The molecular weight excluding hydrogens is 116 g/mol. The van der Waals surface area contributed by atoms with Gasteiger partial charge in [-0.15, -0.1) is 0 Å². The number of nitrogens with zero attached hydrogens (tertiary/aromatic N) is 1. The Labute approximate surface area is 51.3 Å². The van der Waals surface area contributed by atoms with Crippen molar-refractivity contribution in [1.29, 1.82) is 0 Å². The zero-order valence-electron chi connectivity index (χ0n) is 4.66. The molecular formula is C6H5N2O+. The Bertz CT molecular complexity index is 285. The van der Waals surface area contributed by atoms with Crippen LogP contribution >= 0.6 is 0 Å². The molecule has 0 radical (unpaired) electrons. The van der Waals surface area contributed by atoms with E-state index in [1.54, 1.807) is 6.20 Å². The van der Waals surface area contributed by atoms with E-state index >= 15 is 0 Å². The van der Waals surface area contributed by atoms with Crippen molar-refractivity contribution in [3.8, 4) is 0 Å². The molecule has 2 aromatic heterocycles. The summed E-state index contributed by atoms with van der Waals surface area (Å²) in [6.45, 7) is 0. The molecule has 0 aliphatic heterocycles. The van der Waals surface area contributed by atoms with Crippen molar-refractivity contribution < 1.29 is 9.40 Å². The molecule has 0 fully saturated rings. The predicted octanol–water partition coefficient (Wildman–Crippen LogP) is 0.642. The molecule has 9 heavy (non-hydrogen) atoms. The van der Waals surface area contributed by atoms with Crippen LogP contribution in [0.25, 0.3) is 11.2 Å². The first-order chi connectivity index (χ1) is 4.47. The number of oxazole rings is 1. The van der Waals surface area contributed by atoms with Crippen molar-refractivity contribution in [3.63, 3.8) is 0 Å². The summed E-state index contributed by atoms with van der Waals surface area (Å²) in [7, 11) is 0. The summed E-state index contributed by atoms with van der Waals surface area (Å²) in [5, 5.41) is 0. The van der Waals surface area contributed by atoms with Gasteiger partial charge in [-0.05, 0) is 17.1 Å². The minimum atomic E-state index is 0.789. The molecule has 3 heteroatoms. The van der Waals surface area contributed by atoms with Crippen LogP contribution < -0.4 is 4.98 Å². The van der Waals surface area contributed by atoms with Gasteiger partial charge in [0, 0.05) is 0 Å². The highest BCUT2D eigenvalue weighted by atomic mass is 16.3. The highest BCUT2D eigenvalue weighted by Gasteiger charge is 2.01. The first kappa shape index (κ1) is 4.49. The van der Waals surface area contributed by atoms with Crippen molar-refractivity contribution in [3.05, 3.63) is 24.7 Å². The SMILES string of the molecule is c1cnc2[nH+]coc2c1. The van der Waals surface area contributed by atoms with Crippen LogP contribution in [0.5, 0.6) is 0 Å². The quantitative estimate of drug-likeness (QED) is 0.513. The van der Waals surface area contributed by atoms with Gasteiger partial charge in [0.25, 0.3) is 0 Å². The number of nitrogens with one attached hydrogen (secondary N) is 1. The third-order valence-electron chi connectivity index (χ3n) is 1.15. The van der Waals surface area contributed by atoms with Crippen molar-refractivity contribution >= 4 is 11.2 Å². The van der Waals surface area contributed by atoms with Gasteiger partial charge in [0.1, 0.15) is 6.20 Å². The van der Waals surface area contributed by atoms with E-state index in [1.165, 1.54) is 6.39 Å². The molecule has 0 bridgehead atoms. The lowest BCUT2D eigenvalue weighted by Gasteiger charge is -1.70. The Hall–Kier alpha value is -1.38. The maximum Gasteiger partial charge on any atom is 0.366 e. The van der Waals surface area contributed by atoms with Gasteiger partial charge in [-0.25, -0.2) is 4.98 Å². The summed E-state index contributed by atoms with van der Waals surface area (Å²) in [6.07, 6.45) is 3.23. The van der Waals surface area contributed by atoms with Gasteiger partial charge in [-0.3, -0.25) is 0 Å². The van der Waals surface area contributed by atoms with Crippen molar-refractivity contribution in [2.24, 2.45) is 0 Å². The van der Waals surface area contributed by atoms with Gasteiger partial charge in [-0.1, -0.05) is 0 Å². The number of fused-ring (bicyclic) bond motifs is 1. The molecule has 0 saturated carbocycles. The van der Waals surface area contributed by atoms with Gasteiger partial charge in [0.15, 0.2) is 0 Å². The molecule has 2 heterocycles. The summed E-state index contributed by atoms with van der Waals surface area (Å²) < 4.78 is 5.00. The second-order valence-corrected chi connectivity index (χ2v) is 1.73. The van der Waals surface area contributed by atoms with Crippen LogP contribution in [0.3, 0.4) is 0 Å². The van der Waals surface area contributed by atoms with Gasteiger partial charge in [-0.2, -0.15) is 0 Å². The van der Waals surface area contributed by atoms with E-state index in [-0.39, 0.29) is 0 Å². The van der Waals surface area contributed by atoms with Crippen LogP contribution in [-0.2, 0) is 0 Å². The second kappa shape index (κ2) is 1.55. The fraction of sp³-hybridized carbons (Fsp3) is 0. The number of pyridine rings is 1. The Morgan fingerprint density at radius 3 is 3.44 bits per heavy atom. The molecule has 0 amide bonds. The number of aromatic nitrogens is 2. The van der Waals surface area contributed by atoms with E-state index in [2.05, 4.69) is 9.97 Å². The molecule has 3 nitrogen and oxygen atoms in total. The average Bonchev–Trinajstić information content (AvgIpc) is 2.33. The Morgan fingerprint density at radius 2 is 2.56 bits per heavy atom. The minimum Gasteiger partial charge on any atom is -0.420 e. The molecule has 1 N–H and O–H groups in total. The summed E-state index contributed by atoms with van der Waals surface area (Å²) >= 11 is 0. The smallest absolute Gasteiger partial charge is 0.366 e. The van der Waals surface area contributed by atoms with E-state index in [1.807, 2.05) is 12.1 Å². The normalized spacial score (nSPS) is 10.2. The highest BCUT2D eigenvalue weighted by Crippen LogP contribution is 2.02. The fourth-order valence-electron chi connectivity index (χ4n) is 0.743. The zero-order chi connectivity index (χ0) is 6.10. The summed E-state index contributed by atoms with van der Waals surface area (Å²) in [4.78, 5) is 6.83. The van der Waals surface area contributed by atoms with Gasteiger partial charge >= 0.3 is 5.65 Å². The molecule has 0 aliphatic carbocycles. The predicted molar refractivity (Wildman–Crippen MR) is 30.6 cm³/mol. The van der Waals surface area contributed by atoms with Crippen LogP contribution in [0.2, 0.25) is 0 Å². The highest BCUT2D eigenvalue weighted by molar-refractivity contribution is 5.62. The third-order valence-corrected chi connectivity index (χ3v) is 1.15. The van der Waals surface area contributed by atoms with Crippen LogP contribution in [0.4, 0.5) is 0 Å². The number of H-pyrrole nitrogens is 1. The molecule has 0 aromatic carbocycles. The van der Waals surface area contributed by atoms with E-state index in [9.17, 15) is 0 Å². The van der Waals surface area contributed by atoms with Gasteiger partial charge in [0.2, 0.25) is 12.0 Å². The molecule has 0 unspecified atom stereocenters. The summed E-state index contributed by atoms with van der Waals surface area (Å²) in [6, 6.07) is 3.69. The van der Waals surface area contributed by atoms with Gasteiger partial charge in [0.05, 0.1) is 0 Å². The van der Waals surface area contributed by atoms with Crippen LogP contribution in [0, 0.1) is 0 Å². The Morgan fingerprint density at radius 1 is 1.56 bits per heavy atom. The van der Waals surface area contributed by atoms with Crippen molar-refractivity contribution in [2.45, 2.75) is 0 Å². The van der Waals surface area contributed by atoms with E-state index in [0.29, 0.717) is 0 Å². The molecule has 0 saturated heterocycles. The lowest BCUT2D eigenvalue weighted by molar-refractivity contribution is -0.356. The minimum absolute atomic E-state index is 0.789. The summed E-state index contributed by atoms with van der Waals surface area (Å²) in [5.74, 6) is 0. The maximum atomic E-state index is 5.00. The molecule has 44 valence electrons. The molecule has 2 aromatic rings. The number of hydrogen-bond acceptors (Lipinski definition) is 2. The Kier molecular flexibility index (Phi) is 0.773. The topological polar surface area (TPSA) is 40.2 Å². The third kappa shape index (κ3) is 0.579. The maximum absolute atomic E-state index is 5.00. The second-order valence-electron chi connectivity index (χ2n) is 1.73. The number of aromatic amines is 1. The zero-order valence-corrected chi connectivity index (χ0v) is 4.66. The lowest BCUT2D eigenvalue weighted by atomic mass is 10.5. The Balaban J connectivity index is 2.95. The monoisotopic (exact) mass is 121 g/mol. The van der Waals surface area contributed by atoms with Crippen molar-refractivity contribution in [1.82, 2.24) is 4.98 Å². The van der Waals surface area contributed by atoms with E-state index in [0.717, 1.165) is 11.2 Å². The largest absolute Gasteiger partial charge is 0.420 e. The average molecular weight is 121 g/mol. The standard InChI is InChI=1S/C6H4N2O/c1-2-5-6(7-3-1)8-4-9-5/h1-4H/p+1. The fourth-order valence-corrected chi connectivity index (χ4v) is 0.743. The number of rotatable bonds is 0. The molecule has 2 rings (SSSR count). The summed E-state index contributed by atoms with van der Waals surface area (Å²) in [5.41, 5.74) is 1.58. The first-order valence-electron chi connectivity index (χ1n) is 2.67. The molecule has 0 spiro atoms. The van der Waals surface area contributed by atoms with Gasteiger partial charge < -0.3 is 4.42 Å². The van der Waals surface area contributed by atoms with Crippen molar-refractivity contribution in [2.75, 3.05) is 0 Å². The van der Waals surface area contributed by atoms with Crippen LogP contribution in [-0.4, -0.2) is 4.98 Å². The van der Waals surface area contributed by atoms with Crippen LogP contribution in [0.1, 0.15) is 0 Å². The van der Waals surface area contributed by atoms with E-state index < -0.39 is 0 Å². The number of hydrogen-bond donors (Lipinski definition) is 0. The lowest BCUT2D eigenvalue weighted by Crippen LogP contribution is -1.95.